The lowest BCUT2D eigenvalue weighted by molar-refractivity contribution is -0.151. The number of carbonyl (C=O) groups is 2. The molecule has 0 unspecified atom stereocenters. The van der Waals surface area contributed by atoms with Crippen LogP contribution in [-0.4, -0.2) is 56.8 Å². The van der Waals surface area contributed by atoms with Crippen molar-refractivity contribution in [1.29, 1.82) is 0 Å². The minimum absolute atomic E-state index is 0.0648. The highest BCUT2D eigenvalue weighted by Crippen LogP contribution is 2.26. The van der Waals surface area contributed by atoms with E-state index in [2.05, 4.69) is 9.71 Å². The van der Waals surface area contributed by atoms with Crippen molar-refractivity contribution in [2.24, 2.45) is 16.8 Å². The van der Waals surface area contributed by atoms with Crippen molar-refractivity contribution in [3.8, 4) is 0 Å². The van der Waals surface area contributed by atoms with Gasteiger partial charge in [0.1, 0.15) is 11.9 Å². The fraction of sp³-hybridized carbons (Fsp3) is 0.571. The van der Waals surface area contributed by atoms with E-state index in [1.165, 1.54) is 6.07 Å². The van der Waals surface area contributed by atoms with E-state index in [1.807, 2.05) is 13.8 Å². The molecule has 1 amide bonds. The number of amides is 1. The summed E-state index contributed by atoms with van der Waals surface area (Å²) in [4.78, 5) is 31.7. The highest BCUT2D eigenvalue weighted by atomic mass is 32.2. The quantitative estimate of drug-likeness (QED) is 0.688. The van der Waals surface area contributed by atoms with Crippen LogP contribution in [0.4, 0.5) is 0 Å². The van der Waals surface area contributed by atoms with Crippen LogP contribution in [0.25, 0.3) is 0 Å². The van der Waals surface area contributed by atoms with Crippen molar-refractivity contribution in [2.45, 2.75) is 51.0 Å². The monoisotopic (exact) mass is 435 g/mol. The molecule has 2 heterocycles. The summed E-state index contributed by atoms with van der Waals surface area (Å²) in [6.07, 6.45) is 1.84. The molecule has 164 valence electrons. The highest BCUT2D eigenvalue weighted by molar-refractivity contribution is 7.90. The molecule has 0 radical (unpaired) electrons. The minimum Gasteiger partial charge on any atom is -0.466 e. The van der Waals surface area contributed by atoms with Crippen molar-refractivity contribution < 1.29 is 22.7 Å². The van der Waals surface area contributed by atoms with Crippen molar-refractivity contribution in [3.63, 3.8) is 0 Å². The Morgan fingerprint density at radius 1 is 1.23 bits per heavy atom. The lowest BCUT2D eigenvalue weighted by Gasteiger charge is -2.33. The number of hydrogen-bond donors (Lipinski definition) is 1. The molecule has 0 aliphatic carbocycles. The van der Waals surface area contributed by atoms with Gasteiger partial charge in [-0.15, -0.1) is 0 Å². The second-order valence-corrected chi connectivity index (χ2v) is 9.41. The number of amidine groups is 1. The molecule has 30 heavy (non-hydrogen) atoms. The first-order chi connectivity index (χ1) is 14.3. The van der Waals surface area contributed by atoms with Gasteiger partial charge >= 0.3 is 5.97 Å². The van der Waals surface area contributed by atoms with Gasteiger partial charge in [0.2, 0.25) is 5.91 Å². The van der Waals surface area contributed by atoms with E-state index in [-0.39, 0.29) is 34.4 Å². The summed E-state index contributed by atoms with van der Waals surface area (Å²) in [5.41, 5.74) is 0.486. The van der Waals surface area contributed by atoms with E-state index in [1.54, 1.807) is 30.0 Å². The Morgan fingerprint density at radius 3 is 2.53 bits per heavy atom. The largest absolute Gasteiger partial charge is 0.466 e. The summed E-state index contributed by atoms with van der Waals surface area (Å²) in [6.45, 7) is 6.97. The molecule has 1 aromatic carbocycles. The maximum absolute atomic E-state index is 13.3. The van der Waals surface area contributed by atoms with Crippen LogP contribution in [0.15, 0.2) is 34.2 Å². The number of hydrogen-bond acceptors (Lipinski definition) is 6. The molecule has 0 saturated carbocycles. The summed E-state index contributed by atoms with van der Waals surface area (Å²) >= 11 is 0. The summed E-state index contributed by atoms with van der Waals surface area (Å²) in [5, 5.41) is 0. The number of carbonyl (C=O) groups excluding carboxylic acids is 2. The van der Waals surface area contributed by atoms with Crippen molar-refractivity contribution >= 4 is 27.7 Å². The SMILES string of the molecule is CCOC(=O)C1CCN(C(=O)[C@@H](N=C2NS(=O)(=O)c3ccccc32)[C@@H](C)CC)CC1. The zero-order valence-corrected chi connectivity index (χ0v) is 18.4. The van der Waals surface area contributed by atoms with Crippen LogP contribution < -0.4 is 4.72 Å². The van der Waals surface area contributed by atoms with Crippen molar-refractivity contribution in [3.05, 3.63) is 29.8 Å². The fourth-order valence-corrected chi connectivity index (χ4v) is 5.04. The number of esters is 1. The predicted octanol–water partition coefficient (Wildman–Crippen LogP) is 1.94. The Labute approximate surface area is 177 Å². The number of benzene rings is 1. The van der Waals surface area contributed by atoms with Crippen LogP contribution in [0.2, 0.25) is 0 Å². The third-order valence-electron chi connectivity index (χ3n) is 5.79. The molecule has 0 bridgehead atoms. The summed E-state index contributed by atoms with van der Waals surface area (Å²) in [5.74, 6) is -0.380. The van der Waals surface area contributed by atoms with Gasteiger partial charge in [-0.2, -0.15) is 0 Å². The van der Waals surface area contributed by atoms with Crippen LogP contribution in [-0.2, 0) is 24.3 Å². The molecule has 2 aliphatic heterocycles. The lowest BCUT2D eigenvalue weighted by atomic mass is 9.94. The number of rotatable bonds is 6. The summed E-state index contributed by atoms with van der Waals surface area (Å²) < 4.78 is 32.3. The second-order valence-electron chi connectivity index (χ2n) is 7.76. The maximum atomic E-state index is 13.3. The van der Waals surface area contributed by atoms with Gasteiger partial charge in [-0.25, -0.2) is 8.42 Å². The molecule has 8 nitrogen and oxygen atoms in total. The van der Waals surface area contributed by atoms with E-state index in [4.69, 9.17) is 4.74 Å². The summed E-state index contributed by atoms with van der Waals surface area (Å²) in [6, 6.07) is 5.93. The number of aliphatic imine (C=N–C) groups is 1. The molecule has 0 spiro atoms. The lowest BCUT2D eigenvalue weighted by Crippen LogP contribution is -2.47. The Balaban J connectivity index is 1.80. The number of nitrogens with one attached hydrogen (secondary N) is 1. The molecule has 2 aliphatic rings. The van der Waals surface area contributed by atoms with E-state index < -0.39 is 16.1 Å². The van der Waals surface area contributed by atoms with Gasteiger partial charge in [0, 0.05) is 18.7 Å². The number of nitrogens with zero attached hydrogens (tertiary/aromatic N) is 2. The molecule has 3 rings (SSSR count). The highest BCUT2D eigenvalue weighted by Gasteiger charge is 2.36. The Bertz CT molecular complexity index is 936. The van der Waals surface area contributed by atoms with Gasteiger partial charge in [0.25, 0.3) is 10.0 Å². The van der Waals surface area contributed by atoms with Crippen molar-refractivity contribution in [1.82, 2.24) is 9.62 Å². The van der Waals surface area contributed by atoms with E-state index in [0.29, 0.717) is 38.1 Å². The number of likely N-dealkylation sites (tertiary alicyclic amines) is 1. The molecule has 2 atom stereocenters. The van der Waals surface area contributed by atoms with Gasteiger partial charge in [-0.1, -0.05) is 32.4 Å². The first kappa shape index (κ1) is 22.3. The number of fused-ring (bicyclic) bond motifs is 1. The Hall–Kier alpha value is -2.42. The normalized spacial score (nSPS) is 21.6. The van der Waals surface area contributed by atoms with Gasteiger partial charge in [0.15, 0.2) is 0 Å². The minimum atomic E-state index is -3.66. The number of piperidine rings is 1. The third-order valence-corrected chi connectivity index (χ3v) is 7.19. The predicted molar refractivity (Wildman–Crippen MR) is 112 cm³/mol. The Kier molecular flexibility index (Phi) is 6.80. The first-order valence-corrected chi connectivity index (χ1v) is 11.9. The number of sulfonamides is 1. The maximum Gasteiger partial charge on any atom is 0.309 e. The van der Waals surface area contributed by atoms with Gasteiger partial charge < -0.3 is 9.64 Å². The standard InChI is InChI=1S/C21H29N3O5S/c1-4-14(3)18(20(25)24-12-10-15(11-13-24)21(26)29-5-2)22-19-16-8-6-7-9-17(16)30(27,28)23-19/h6-9,14-15,18H,4-5,10-13H2,1-3H3,(H,22,23)/t14-,18-/m0/s1. The zero-order valence-electron chi connectivity index (χ0n) is 17.6. The Morgan fingerprint density at radius 2 is 1.90 bits per heavy atom. The van der Waals surface area contributed by atoms with Crippen LogP contribution in [0.1, 0.15) is 45.6 Å². The average Bonchev–Trinajstić information content (AvgIpc) is 3.01. The average molecular weight is 436 g/mol. The van der Waals surface area contributed by atoms with Crippen molar-refractivity contribution in [2.75, 3.05) is 19.7 Å². The van der Waals surface area contributed by atoms with Crippen LogP contribution in [0.3, 0.4) is 0 Å². The molecule has 0 aromatic heterocycles. The molecule has 1 saturated heterocycles. The van der Waals surface area contributed by atoms with E-state index in [0.717, 1.165) is 6.42 Å². The summed E-state index contributed by atoms with van der Waals surface area (Å²) in [7, 11) is -3.66. The van der Waals surface area contributed by atoms with Crippen LogP contribution >= 0.6 is 0 Å². The van der Waals surface area contributed by atoms with E-state index >= 15 is 0 Å². The zero-order chi connectivity index (χ0) is 21.9. The molecule has 1 fully saturated rings. The second kappa shape index (κ2) is 9.16. The van der Waals surface area contributed by atoms with E-state index in [9.17, 15) is 18.0 Å². The molecule has 9 heteroatoms. The van der Waals surface area contributed by atoms with Gasteiger partial charge in [0.05, 0.1) is 17.4 Å². The third kappa shape index (κ3) is 4.50. The van der Waals surface area contributed by atoms with Gasteiger partial charge in [-0.05, 0) is 37.8 Å². The van der Waals surface area contributed by atoms with Gasteiger partial charge in [-0.3, -0.25) is 19.3 Å². The molecular formula is C21H29N3O5S. The fourth-order valence-electron chi connectivity index (χ4n) is 3.80. The first-order valence-electron chi connectivity index (χ1n) is 10.4. The molecular weight excluding hydrogens is 406 g/mol. The topological polar surface area (TPSA) is 105 Å². The molecule has 1 aromatic rings. The number of ether oxygens (including phenoxy) is 1. The smallest absolute Gasteiger partial charge is 0.309 e. The molecule has 1 N–H and O–H groups in total. The van der Waals surface area contributed by atoms with Crippen LogP contribution in [0, 0.1) is 11.8 Å². The van der Waals surface area contributed by atoms with Crippen LogP contribution in [0.5, 0.6) is 0 Å².